The fourth-order valence-electron chi connectivity index (χ4n) is 3.46. The third-order valence-electron chi connectivity index (χ3n) is 4.52. The molecule has 2 saturated carbocycles. The molecule has 0 heterocycles. The normalized spacial score (nSPS) is 29.9. The van der Waals surface area contributed by atoms with Crippen molar-refractivity contribution in [2.75, 3.05) is 13.7 Å². The van der Waals surface area contributed by atoms with Crippen molar-refractivity contribution in [1.29, 1.82) is 0 Å². The highest BCUT2D eigenvalue weighted by molar-refractivity contribution is 6.30. The van der Waals surface area contributed by atoms with Crippen LogP contribution in [-0.2, 0) is 5.41 Å². The lowest BCUT2D eigenvalue weighted by Gasteiger charge is -2.48. The highest BCUT2D eigenvalue weighted by Gasteiger charge is 2.45. The van der Waals surface area contributed by atoms with Crippen LogP contribution in [-0.4, -0.2) is 19.7 Å². The molecule has 0 bridgehead atoms. The van der Waals surface area contributed by atoms with Crippen LogP contribution < -0.4 is 10.1 Å². The van der Waals surface area contributed by atoms with E-state index in [1.54, 1.807) is 7.11 Å². The summed E-state index contributed by atoms with van der Waals surface area (Å²) in [4.78, 5) is 0. The summed E-state index contributed by atoms with van der Waals surface area (Å²) in [5, 5.41) is 4.50. The number of methoxy groups -OCH3 is 1. The third-order valence-corrected chi connectivity index (χ3v) is 4.75. The van der Waals surface area contributed by atoms with Crippen LogP contribution in [0.1, 0.15) is 38.2 Å². The molecular weight excluding hydrogens is 258 g/mol. The zero-order chi connectivity index (χ0) is 13.5. The van der Waals surface area contributed by atoms with Gasteiger partial charge in [-0.05, 0) is 49.8 Å². The second-order valence-electron chi connectivity index (χ2n) is 6.29. The molecule has 1 N–H and O–H groups in total. The molecule has 0 saturated heterocycles. The molecule has 0 amide bonds. The standard InChI is InChI=1S/C16H22ClNO/c1-11-8-16(9-11,10-18-13-4-5-13)14-7-12(17)3-6-15(14)19-2/h3,6-7,11,13,18H,4-5,8-10H2,1-2H3. The zero-order valence-electron chi connectivity index (χ0n) is 11.7. The number of hydrogen-bond acceptors (Lipinski definition) is 2. The van der Waals surface area contributed by atoms with Crippen LogP contribution >= 0.6 is 11.6 Å². The van der Waals surface area contributed by atoms with E-state index in [2.05, 4.69) is 18.3 Å². The topological polar surface area (TPSA) is 21.3 Å². The molecule has 104 valence electrons. The van der Waals surface area contributed by atoms with Crippen LogP contribution in [0.5, 0.6) is 5.75 Å². The van der Waals surface area contributed by atoms with E-state index in [0.717, 1.165) is 29.3 Å². The van der Waals surface area contributed by atoms with Gasteiger partial charge in [0.2, 0.25) is 0 Å². The van der Waals surface area contributed by atoms with Gasteiger partial charge in [-0.2, -0.15) is 0 Å². The first kappa shape index (κ1) is 13.3. The van der Waals surface area contributed by atoms with Crippen LogP contribution in [0.3, 0.4) is 0 Å². The molecule has 0 atom stereocenters. The minimum atomic E-state index is 0.220. The first-order valence-corrected chi connectivity index (χ1v) is 7.58. The molecule has 2 nitrogen and oxygen atoms in total. The van der Waals surface area contributed by atoms with Gasteiger partial charge in [-0.15, -0.1) is 0 Å². The van der Waals surface area contributed by atoms with Gasteiger partial charge >= 0.3 is 0 Å². The van der Waals surface area contributed by atoms with Crippen molar-refractivity contribution in [3.63, 3.8) is 0 Å². The largest absolute Gasteiger partial charge is 0.496 e. The number of rotatable bonds is 5. The summed E-state index contributed by atoms with van der Waals surface area (Å²) < 4.78 is 5.55. The van der Waals surface area contributed by atoms with E-state index >= 15 is 0 Å². The smallest absolute Gasteiger partial charge is 0.122 e. The predicted octanol–water partition coefficient (Wildman–Crippen LogP) is 3.77. The van der Waals surface area contributed by atoms with Gasteiger partial charge in [0.15, 0.2) is 0 Å². The number of benzene rings is 1. The molecule has 0 aliphatic heterocycles. The van der Waals surface area contributed by atoms with Crippen LogP contribution in [0.15, 0.2) is 18.2 Å². The van der Waals surface area contributed by atoms with Crippen molar-refractivity contribution in [3.8, 4) is 5.75 Å². The number of ether oxygens (including phenoxy) is 1. The average Bonchev–Trinajstić information content (AvgIpc) is 3.17. The summed E-state index contributed by atoms with van der Waals surface area (Å²) in [6, 6.07) is 6.76. The summed E-state index contributed by atoms with van der Waals surface area (Å²) in [5.74, 6) is 1.78. The molecule has 2 aliphatic carbocycles. The Morgan fingerprint density at radius 1 is 1.37 bits per heavy atom. The molecule has 0 aromatic heterocycles. The molecule has 0 spiro atoms. The van der Waals surface area contributed by atoms with Crippen molar-refractivity contribution in [3.05, 3.63) is 28.8 Å². The van der Waals surface area contributed by atoms with Gasteiger partial charge in [-0.1, -0.05) is 18.5 Å². The van der Waals surface area contributed by atoms with E-state index in [1.165, 1.54) is 31.2 Å². The Bertz CT molecular complexity index is 464. The third kappa shape index (κ3) is 2.61. The first-order valence-electron chi connectivity index (χ1n) is 7.20. The van der Waals surface area contributed by atoms with E-state index in [-0.39, 0.29) is 5.41 Å². The van der Waals surface area contributed by atoms with Gasteiger partial charge in [-0.25, -0.2) is 0 Å². The number of halogens is 1. The maximum Gasteiger partial charge on any atom is 0.122 e. The van der Waals surface area contributed by atoms with Gasteiger partial charge in [-0.3, -0.25) is 0 Å². The Morgan fingerprint density at radius 2 is 2.11 bits per heavy atom. The molecule has 19 heavy (non-hydrogen) atoms. The average molecular weight is 280 g/mol. The monoisotopic (exact) mass is 279 g/mol. The molecule has 2 aliphatic rings. The summed E-state index contributed by atoms with van der Waals surface area (Å²) in [7, 11) is 1.75. The van der Waals surface area contributed by atoms with Gasteiger partial charge in [0.05, 0.1) is 7.11 Å². The molecule has 1 aromatic carbocycles. The van der Waals surface area contributed by atoms with Gasteiger partial charge in [0.1, 0.15) is 5.75 Å². The summed E-state index contributed by atoms with van der Waals surface area (Å²) in [6.45, 7) is 3.38. The molecular formula is C16H22ClNO. The molecule has 2 fully saturated rings. The summed E-state index contributed by atoms with van der Waals surface area (Å²) in [6.07, 6.45) is 5.11. The Balaban J connectivity index is 1.87. The van der Waals surface area contributed by atoms with Crippen LogP contribution in [0, 0.1) is 5.92 Å². The highest BCUT2D eigenvalue weighted by Crippen LogP contribution is 2.50. The van der Waals surface area contributed by atoms with E-state index in [4.69, 9.17) is 16.3 Å². The van der Waals surface area contributed by atoms with Crippen LogP contribution in [0.2, 0.25) is 5.02 Å². The van der Waals surface area contributed by atoms with Crippen LogP contribution in [0.25, 0.3) is 0 Å². The fourth-order valence-corrected chi connectivity index (χ4v) is 3.63. The van der Waals surface area contributed by atoms with E-state index < -0.39 is 0 Å². The van der Waals surface area contributed by atoms with Gasteiger partial charge in [0, 0.05) is 28.6 Å². The van der Waals surface area contributed by atoms with Gasteiger partial charge in [0.25, 0.3) is 0 Å². The van der Waals surface area contributed by atoms with E-state index in [1.807, 2.05) is 12.1 Å². The maximum atomic E-state index is 6.20. The highest BCUT2D eigenvalue weighted by atomic mass is 35.5. The zero-order valence-corrected chi connectivity index (χ0v) is 12.5. The Kier molecular flexibility index (Phi) is 3.48. The Labute approximate surface area is 120 Å². The quantitative estimate of drug-likeness (QED) is 0.886. The first-order chi connectivity index (χ1) is 9.13. The lowest BCUT2D eigenvalue weighted by molar-refractivity contribution is 0.148. The van der Waals surface area contributed by atoms with Crippen molar-refractivity contribution in [2.45, 2.75) is 44.1 Å². The van der Waals surface area contributed by atoms with E-state index in [9.17, 15) is 0 Å². The lowest BCUT2D eigenvalue weighted by atomic mass is 9.59. The second-order valence-corrected chi connectivity index (χ2v) is 6.73. The Hall–Kier alpha value is -0.730. The molecule has 3 rings (SSSR count). The Morgan fingerprint density at radius 3 is 2.68 bits per heavy atom. The number of hydrogen-bond donors (Lipinski definition) is 1. The van der Waals surface area contributed by atoms with Gasteiger partial charge < -0.3 is 10.1 Å². The minimum absolute atomic E-state index is 0.220. The van der Waals surface area contributed by atoms with Crippen LogP contribution in [0.4, 0.5) is 0 Å². The summed E-state index contributed by atoms with van der Waals surface area (Å²) >= 11 is 6.20. The predicted molar refractivity (Wildman–Crippen MR) is 79.1 cm³/mol. The molecule has 3 heteroatoms. The molecule has 0 unspecified atom stereocenters. The maximum absolute atomic E-state index is 6.20. The molecule has 0 radical (unpaired) electrons. The fraction of sp³-hybridized carbons (Fsp3) is 0.625. The second kappa shape index (κ2) is 4.99. The van der Waals surface area contributed by atoms with E-state index in [0.29, 0.717) is 0 Å². The number of nitrogens with one attached hydrogen (secondary N) is 1. The summed E-state index contributed by atoms with van der Waals surface area (Å²) in [5.41, 5.74) is 1.51. The minimum Gasteiger partial charge on any atom is -0.496 e. The van der Waals surface area contributed by atoms with Crippen molar-refractivity contribution >= 4 is 11.6 Å². The van der Waals surface area contributed by atoms with Crippen molar-refractivity contribution < 1.29 is 4.74 Å². The lowest BCUT2D eigenvalue weighted by Crippen LogP contribution is -2.48. The van der Waals surface area contributed by atoms with Crippen molar-refractivity contribution in [1.82, 2.24) is 5.32 Å². The molecule has 1 aromatic rings. The van der Waals surface area contributed by atoms with Crippen molar-refractivity contribution in [2.24, 2.45) is 5.92 Å². The SMILES string of the molecule is COc1ccc(Cl)cc1C1(CNC2CC2)CC(C)C1.